The van der Waals surface area contributed by atoms with Gasteiger partial charge in [0.2, 0.25) is 5.91 Å². The van der Waals surface area contributed by atoms with E-state index in [1.165, 1.54) is 31.2 Å². The maximum Gasteiger partial charge on any atom is 0.224 e. The van der Waals surface area contributed by atoms with Crippen molar-refractivity contribution in [3.05, 3.63) is 71.0 Å². The lowest BCUT2D eigenvalue weighted by Crippen LogP contribution is -2.39. The van der Waals surface area contributed by atoms with E-state index in [9.17, 15) is 23.1 Å². The van der Waals surface area contributed by atoms with Crippen LogP contribution in [0.1, 0.15) is 18.1 Å². The van der Waals surface area contributed by atoms with Gasteiger partial charge in [0.15, 0.2) is 0 Å². The molecule has 0 saturated carbocycles. The molecule has 122 valence electrons. The van der Waals surface area contributed by atoms with Crippen LogP contribution >= 0.6 is 0 Å². The van der Waals surface area contributed by atoms with Crippen molar-refractivity contribution in [2.24, 2.45) is 0 Å². The van der Waals surface area contributed by atoms with E-state index in [2.05, 4.69) is 5.32 Å². The van der Waals surface area contributed by atoms with Crippen LogP contribution in [0, 0.1) is 17.5 Å². The first-order valence-electron chi connectivity index (χ1n) is 6.97. The highest BCUT2D eigenvalue weighted by Gasteiger charge is 2.27. The largest absolute Gasteiger partial charge is 0.383 e. The minimum atomic E-state index is -1.68. The van der Waals surface area contributed by atoms with Gasteiger partial charge >= 0.3 is 0 Å². The molecule has 2 rings (SSSR count). The Kier molecular flexibility index (Phi) is 5.05. The van der Waals surface area contributed by atoms with Crippen molar-refractivity contribution in [3.8, 4) is 0 Å². The molecule has 0 radical (unpaired) electrons. The van der Waals surface area contributed by atoms with E-state index in [4.69, 9.17) is 0 Å². The first-order valence-corrected chi connectivity index (χ1v) is 6.97. The number of hydrogen-bond acceptors (Lipinski definition) is 2. The second-order valence-electron chi connectivity index (χ2n) is 5.48. The van der Waals surface area contributed by atoms with Crippen LogP contribution in [-0.2, 0) is 16.8 Å². The fourth-order valence-electron chi connectivity index (χ4n) is 2.14. The Hall–Kier alpha value is -2.34. The quantitative estimate of drug-likeness (QED) is 0.889. The smallest absolute Gasteiger partial charge is 0.224 e. The summed E-state index contributed by atoms with van der Waals surface area (Å²) < 4.78 is 39.4. The minimum absolute atomic E-state index is 0.00224. The Morgan fingerprint density at radius 3 is 2.30 bits per heavy atom. The summed E-state index contributed by atoms with van der Waals surface area (Å²) >= 11 is 0. The van der Waals surface area contributed by atoms with Crippen molar-refractivity contribution >= 4 is 5.91 Å². The third-order valence-corrected chi connectivity index (χ3v) is 3.42. The number of benzene rings is 2. The monoisotopic (exact) mass is 323 g/mol. The second-order valence-corrected chi connectivity index (χ2v) is 5.48. The van der Waals surface area contributed by atoms with E-state index in [-0.39, 0.29) is 18.5 Å². The van der Waals surface area contributed by atoms with Crippen LogP contribution in [0.5, 0.6) is 0 Å². The van der Waals surface area contributed by atoms with Crippen LogP contribution in [0.25, 0.3) is 0 Å². The van der Waals surface area contributed by atoms with E-state index < -0.39 is 29.0 Å². The van der Waals surface area contributed by atoms with Crippen molar-refractivity contribution < 1.29 is 23.1 Å². The first-order chi connectivity index (χ1) is 10.8. The molecule has 0 aromatic heterocycles. The fraction of sp³-hybridized carbons (Fsp3) is 0.235. The summed E-state index contributed by atoms with van der Waals surface area (Å²) in [7, 11) is 0. The Balaban J connectivity index is 1.98. The van der Waals surface area contributed by atoms with E-state index in [0.29, 0.717) is 11.6 Å². The lowest BCUT2D eigenvalue weighted by molar-refractivity contribution is -0.121. The molecule has 2 aromatic carbocycles. The molecular weight excluding hydrogens is 307 g/mol. The summed E-state index contributed by atoms with van der Waals surface area (Å²) in [6.07, 6.45) is 0.00224. The maximum atomic E-state index is 13.7. The highest BCUT2D eigenvalue weighted by atomic mass is 19.1. The molecule has 6 heteroatoms. The minimum Gasteiger partial charge on any atom is -0.383 e. The van der Waals surface area contributed by atoms with Gasteiger partial charge in [0.05, 0.1) is 13.0 Å². The van der Waals surface area contributed by atoms with E-state index in [0.717, 1.165) is 12.1 Å². The molecule has 3 nitrogen and oxygen atoms in total. The van der Waals surface area contributed by atoms with Crippen LogP contribution in [0.3, 0.4) is 0 Å². The third kappa shape index (κ3) is 4.56. The number of halogens is 3. The van der Waals surface area contributed by atoms with Gasteiger partial charge in [-0.1, -0.05) is 18.2 Å². The molecule has 0 aliphatic carbocycles. The molecule has 0 spiro atoms. The van der Waals surface area contributed by atoms with Gasteiger partial charge in [-0.3, -0.25) is 4.79 Å². The van der Waals surface area contributed by atoms with Gasteiger partial charge in [-0.2, -0.15) is 0 Å². The maximum absolute atomic E-state index is 13.7. The van der Waals surface area contributed by atoms with Crippen LogP contribution in [0.2, 0.25) is 0 Å². The summed E-state index contributed by atoms with van der Waals surface area (Å²) in [5.41, 5.74) is -1.19. The number of carbonyl (C=O) groups is 1. The molecule has 23 heavy (non-hydrogen) atoms. The SMILES string of the molecule is CC(O)(CNC(=O)Cc1ccc(F)cc1)c1ccc(F)cc1F. The highest BCUT2D eigenvalue weighted by molar-refractivity contribution is 5.78. The average Bonchev–Trinajstić information content (AvgIpc) is 2.47. The molecule has 0 heterocycles. The molecule has 2 aromatic rings. The standard InChI is InChI=1S/C17H16F3NO2/c1-17(23,14-7-6-13(19)9-15(14)20)10-21-16(22)8-11-2-4-12(18)5-3-11/h2-7,9,23H,8,10H2,1H3,(H,21,22). The Morgan fingerprint density at radius 1 is 1.09 bits per heavy atom. The summed E-state index contributed by atoms with van der Waals surface area (Å²) in [5.74, 6) is -2.44. The van der Waals surface area contributed by atoms with Gasteiger partial charge in [0, 0.05) is 11.6 Å². The van der Waals surface area contributed by atoms with E-state index >= 15 is 0 Å². The lowest BCUT2D eigenvalue weighted by Gasteiger charge is -2.24. The third-order valence-electron chi connectivity index (χ3n) is 3.42. The fourth-order valence-corrected chi connectivity index (χ4v) is 2.14. The summed E-state index contributed by atoms with van der Waals surface area (Å²) in [5, 5.41) is 12.8. The predicted octanol–water partition coefficient (Wildman–Crippen LogP) is 2.67. The van der Waals surface area contributed by atoms with Crippen LogP contribution < -0.4 is 5.32 Å². The van der Waals surface area contributed by atoms with Crippen molar-refractivity contribution in [1.29, 1.82) is 0 Å². The summed E-state index contributed by atoms with van der Waals surface area (Å²) in [6.45, 7) is 1.08. The molecule has 0 fully saturated rings. The van der Waals surface area contributed by atoms with E-state index in [1.807, 2.05) is 0 Å². The molecule has 1 amide bonds. The van der Waals surface area contributed by atoms with Crippen molar-refractivity contribution in [3.63, 3.8) is 0 Å². The zero-order chi connectivity index (χ0) is 17.0. The number of rotatable bonds is 5. The zero-order valence-electron chi connectivity index (χ0n) is 12.4. The number of carbonyl (C=O) groups excluding carboxylic acids is 1. The summed E-state index contributed by atoms with van der Waals surface area (Å²) in [6, 6.07) is 8.28. The number of nitrogens with one attached hydrogen (secondary N) is 1. The van der Waals surface area contributed by atoms with Crippen LogP contribution in [-0.4, -0.2) is 17.6 Å². The molecule has 0 bridgehead atoms. The van der Waals surface area contributed by atoms with Gasteiger partial charge in [0.1, 0.15) is 23.1 Å². The molecule has 0 aliphatic heterocycles. The molecule has 1 atom stereocenters. The van der Waals surface area contributed by atoms with Gasteiger partial charge in [-0.25, -0.2) is 13.2 Å². The number of aliphatic hydroxyl groups is 1. The van der Waals surface area contributed by atoms with Gasteiger partial charge < -0.3 is 10.4 Å². The average molecular weight is 323 g/mol. The Labute approximate surface area is 131 Å². The van der Waals surface area contributed by atoms with Crippen LogP contribution in [0.4, 0.5) is 13.2 Å². The van der Waals surface area contributed by atoms with Crippen LogP contribution in [0.15, 0.2) is 42.5 Å². The molecule has 0 aliphatic rings. The molecule has 2 N–H and O–H groups in total. The number of hydrogen-bond donors (Lipinski definition) is 2. The molecule has 0 saturated heterocycles. The van der Waals surface area contributed by atoms with Crippen molar-refractivity contribution in [1.82, 2.24) is 5.32 Å². The Bertz CT molecular complexity index is 699. The van der Waals surface area contributed by atoms with Gasteiger partial charge in [-0.05, 0) is 30.7 Å². The first kappa shape index (κ1) is 17.0. The normalized spacial score (nSPS) is 13.4. The second kappa shape index (κ2) is 6.83. The predicted molar refractivity (Wildman–Crippen MR) is 79.0 cm³/mol. The zero-order valence-corrected chi connectivity index (χ0v) is 12.4. The highest BCUT2D eigenvalue weighted by Crippen LogP contribution is 2.23. The van der Waals surface area contributed by atoms with Gasteiger partial charge in [-0.15, -0.1) is 0 Å². The van der Waals surface area contributed by atoms with Crippen molar-refractivity contribution in [2.45, 2.75) is 18.9 Å². The van der Waals surface area contributed by atoms with Gasteiger partial charge in [0.25, 0.3) is 0 Å². The molecule has 1 unspecified atom stereocenters. The molecular formula is C17H16F3NO2. The Morgan fingerprint density at radius 2 is 1.70 bits per heavy atom. The lowest BCUT2D eigenvalue weighted by atomic mass is 9.95. The van der Waals surface area contributed by atoms with Crippen molar-refractivity contribution in [2.75, 3.05) is 6.54 Å². The summed E-state index contributed by atoms with van der Waals surface area (Å²) in [4.78, 5) is 11.8. The van der Waals surface area contributed by atoms with E-state index in [1.54, 1.807) is 0 Å². The topological polar surface area (TPSA) is 49.3 Å². The number of amides is 1.